The van der Waals surface area contributed by atoms with Crippen LogP contribution in [0.3, 0.4) is 0 Å². The Morgan fingerprint density at radius 2 is 1.97 bits per heavy atom. The second-order valence-electron chi connectivity index (χ2n) is 8.04. The largest absolute Gasteiger partial charge is 0.350 e. The van der Waals surface area contributed by atoms with Gasteiger partial charge < -0.3 is 5.32 Å². The van der Waals surface area contributed by atoms with E-state index in [1.54, 1.807) is 13.0 Å². The van der Waals surface area contributed by atoms with Crippen molar-refractivity contribution in [1.82, 2.24) is 25.2 Å². The molecule has 0 spiro atoms. The highest BCUT2D eigenvalue weighted by Gasteiger charge is 2.37. The Balaban J connectivity index is 1.54. The van der Waals surface area contributed by atoms with Gasteiger partial charge in [-0.15, -0.1) is 11.3 Å². The first-order valence-electron chi connectivity index (χ1n) is 10.5. The molecule has 34 heavy (non-hydrogen) atoms. The molecule has 176 valence electrons. The number of aryl methyl sites for hydroxylation is 1. The van der Waals surface area contributed by atoms with E-state index in [0.29, 0.717) is 16.2 Å². The van der Waals surface area contributed by atoms with Gasteiger partial charge in [0.15, 0.2) is 19.5 Å². The van der Waals surface area contributed by atoms with Crippen molar-refractivity contribution in [3.63, 3.8) is 0 Å². The third kappa shape index (κ3) is 5.59. The van der Waals surface area contributed by atoms with Gasteiger partial charge in [0, 0.05) is 47.8 Å². The maximum absolute atomic E-state index is 13.7. The zero-order valence-corrected chi connectivity index (χ0v) is 19.8. The number of hydrogen-bond donors (Lipinski definition) is 1. The number of nitrogens with one attached hydrogen (secondary N) is 1. The van der Waals surface area contributed by atoms with Crippen molar-refractivity contribution in [2.45, 2.75) is 31.7 Å². The molecule has 3 aromatic rings. The van der Waals surface area contributed by atoms with Crippen molar-refractivity contribution in [1.29, 1.82) is 0 Å². The molecule has 0 aliphatic carbocycles. The van der Waals surface area contributed by atoms with Crippen LogP contribution in [0.15, 0.2) is 30.6 Å². The molecular weight excluding hydrogens is 486 g/mol. The number of halogens is 4. The highest BCUT2D eigenvalue weighted by molar-refractivity contribution is 7.19. The Hall–Kier alpha value is -2.50. The van der Waals surface area contributed by atoms with Gasteiger partial charge in [-0.2, -0.15) is 0 Å². The number of nitrogens with zero attached hydrogens (tertiary/aromatic N) is 4. The number of hydrogen-bond acceptors (Lipinski definition) is 6. The highest BCUT2D eigenvalue weighted by atomic mass is 35.5. The van der Waals surface area contributed by atoms with E-state index in [1.807, 2.05) is 4.90 Å². The van der Waals surface area contributed by atoms with E-state index in [-0.39, 0.29) is 54.9 Å². The summed E-state index contributed by atoms with van der Waals surface area (Å²) in [5, 5.41) is 3.08. The Kier molecular flexibility index (Phi) is 7.25. The molecule has 1 aliphatic heterocycles. The zero-order valence-electron chi connectivity index (χ0n) is 18.2. The van der Waals surface area contributed by atoms with Gasteiger partial charge in [-0.3, -0.25) is 14.7 Å². The lowest BCUT2D eigenvalue weighted by Gasteiger charge is -2.37. The topological polar surface area (TPSA) is 71.0 Å². The van der Waals surface area contributed by atoms with Crippen molar-refractivity contribution in [2.24, 2.45) is 0 Å². The minimum atomic E-state index is -2.69. The standard InChI is InChI=1S/C22H20BClF3N5OS/c1-12-18(34-21(23)31-12)17(32-6-4-22(26,27)5-7-32)11-30-20(33)15-8-13(2-3-16(15)24)19-28-9-14(25)10-29-19/h2-3,8-10,17H,4-7,11H2,1H3,(H,30,33). The predicted molar refractivity (Wildman–Crippen MR) is 126 cm³/mol. The van der Waals surface area contributed by atoms with Gasteiger partial charge in [-0.25, -0.2) is 23.1 Å². The van der Waals surface area contributed by atoms with Gasteiger partial charge >= 0.3 is 0 Å². The summed E-state index contributed by atoms with van der Waals surface area (Å²) in [5.74, 6) is -3.47. The first-order valence-corrected chi connectivity index (χ1v) is 11.7. The van der Waals surface area contributed by atoms with Crippen LogP contribution in [0.5, 0.6) is 0 Å². The van der Waals surface area contributed by atoms with Crippen molar-refractivity contribution < 1.29 is 18.0 Å². The molecule has 1 aliphatic rings. The SMILES string of the molecule is [B]c1nc(C)c(C(CNC(=O)c2cc(-c3ncc(F)cn3)ccc2Cl)N2CCC(F)(F)CC2)s1. The maximum Gasteiger partial charge on any atom is 0.252 e. The normalized spacial score (nSPS) is 16.9. The van der Waals surface area contributed by atoms with Crippen LogP contribution in [0.2, 0.25) is 5.02 Å². The third-order valence-corrected chi connectivity index (χ3v) is 7.08. The van der Waals surface area contributed by atoms with Crippen LogP contribution in [0.25, 0.3) is 11.4 Å². The minimum absolute atomic E-state index is 0.153. The van der Waals surface area contributed by atoms with Crippen LogP contribution in [-0.2, 0) is 0 Å². The molecule has 0 bridgehead atoms. The number of benzene rings is 1. The summed E-state index contributed by atoms with van der Waals surface area (Å²) in [6, 6.07) is 4.33. The molecule has 2 radical (unpaired) electrons. The number of amides is 1. The first kappa shape index (κ1) is 24.6. The summed E-state index contributed by atoms with van der Waals surface area (Å²) in [6.07, 6.45) is 1.56. The van der Waals surface area contributed by atoms with Crippen LogP contribution >= 0.6 is 22.9 Å². The van der Waals surface area contributed by atoms with Crippen LogP contribution < -0.4 is 10.2 Å². The third-order valence-electron chi connectivity index (χ3n) is 5.67. The van der Waals surface area contributed by atoms with E-state index in [2.05, 4.69) is 20.3 Å². The number of piperidine rings is 1. The van der Waals surface area contributed by atoms with Gasteiger partial charge in [0.05, 0.1) is 34.7 Å². The van der Waals surface area contributed by atoms with E-state index in [4.69, 9.17) is 19.4 Å². The lowest BCUT2D eigenvalue weighted by atomic mass is 10.0. The molecule has 1 amide bonds. The molecule has 1 saturated heterocycles. The number of rotatable bonds is 6. The van der Waals surface area contributed by atoms with Gasteiger partial charge in [0.25, 0.3) is 11.8 Å². The summed E-state index contributed by atoms with van der Waals surface area (Å²) < 4.78 is 40.6. The Bertz CT molecular complexity index is 1180. The second-order valence-corrected chi connectivity index (χ2v) is 9.51. The van der Waals surface area contributed by atoms with E-state index in [9.17, 15) is 18.0 Å². The number of aromatic nitrogens is 3. The molecule has 6 nitrogen and oxygen atoms in total. The van der Waals surface area contributed by atoms with Gasteiger partial charge in [0.2, 0.25) is 0 Å². The fraction of sp³-hybridized carbons (Fsp3) is 0.364. The van der Waals surface area contributed by atoms with Crippen molar-refractivity contribution >= 4 is 41.6 Å². The Labute approximate surface area is 205 Å². The maximum atomic E-state index is 13.7. The predicted octanol–water partition coefficient (Wildman–Crippen LogP) is 3.70. The average Bonchev–Trinajstić information content (AvgIpc) is 3.13. The number of alkyl halides is 2. The van der Waals surface area contributed by atoms with Crippen LogP contribution in [0, 0.1) is 12.7 Å². The molecule has 1 atom stereocenters. The summed E-state index contributed by atoms with van der Waals surface area (Å²) in [6.45, 7) is 2.32. The van der Waals surface area contributed by atoms with Gasteiger partial charge in [0.1, 0.15) is 0 Å². The molecule has 2 aromatic heterocycles. The number of thiazole rings is 1. The molecule has 4 rings (SSSR count). The first-order chi connectivity index (χ1) is 16.1. The van der Waals surface area contributed by atoms with Crippen LogP contribution in [0.1, 0.15) is 39.8 Å². The van der Waals surface area contributed by atoms with E-state index < -0.39 is 17.6 Å². The lowest BCUT2D eigenvalue weighted by Crippen LogP contribution is -2.45. The molecule has 0 saturated carbocycles. The van der Waals surface area contributed by atoms with Crippen LogP contribution in [-0.4, -0.2) is 59.2 Å². The monoisotopic (exact) mass is 505 g/mol. The fourth-order valence-corrected chi connectivity index (χ4v) is 5.05. The number of carbonyl (C=O) groups excluding carboxylic acids is 1. The number of likely N-dealkylation sites (tertiary alicyclic amines) is 1. The van der Waals surface area contributed by atoms with Crippen molar-refractivity contribution in [2.75, 3.05) is 19.6 Å². The Morgan fingerprint density at radius 1 is 1.29 bits per heavy atom. The van der Waals surface area contributed by atoms with E-state index in [1.165, 1.54) is 23.5 Å². The van der Waals surface area contributed by atoms with E-state index in [0.717, 1.165) is 17.3 Å². The Morgan fingerprint density at radius 3 is 2.59 bits per heavy atom. The zero-order chi connectivity index (χ0) is 24.5. The van der Waals surface area contributed by atoms with Gasteiger partial charge in [-0.05, 0) is 25.1 Å². The quantitative estimate of drug-likeness (QED) is 0.518. The summed E-state index contributed by atoms with van der Waals surface area (Å²) >= 11 is 7.55. The molecule has 1 aromatic carbocycles. The smallest absolute Gasteiger partial charge is 0.252 e. The second kappa shape index (κ2) is 10.0. The summed E-state index contributed by atoms with van der Waals surface area (Å²) in [7, 11) is 5.87. The summed E-state index contributed by atoms with van der Waals surface area (Å²) in [5.41, 5.74) is 1.39. The molecular formula is C22H20BClF3N5OS. The lowest BCUT2D eigenvalue weighted by molar-refractivity contribution is -0.0629. The van der Waals surface area contributed by atoms with Gasteiger partial charge in [-0.1, -0.05) is 11.6 Å². The van der Waals surface area contributed by atoms with Crippen LogP contribution in [0.4, 0.5) is 13.2 Å². The molecule has 1 fully saturated rings. The fourth-order valence-electron chi connectivity index (χ4n) is 3.87. The molecule has 1 unspecified atom stereocenters. The minimum Gasteiger partial charge on any atom is -0.350 e. The van der Waals surface area contributed by atoms with E-state index >= 15 is 0 Å². The molecule has 12 heteroatoms. The van der Waals surface area contributed by atoms with Crippen molar-refractivity contribution in [3.05, 3.63) is 57.6 Å². The average molecular weight is 506 g/mol. The van der Waals surface area contributed by atoms with Crippen molar-refractivity contribution in [3.8, 4) is 11.4 Å². The summed E-state index contributed by atoms with van der Waals surface area (Å²) in [4.78, 5) is 28.3. The highest BCUT2D eigenvalue weighted by Crippen LogP contribution is 2.34. The molecule has 3 heterocycles. The number of carbonyl (C=O) groups is 1. The molecule has 1 N–H and O–H groups in total.